The molecule has 126 valence electrons. The van der Waals surface area contributed by atoms with Crippen molar-refractivity contribution in [1.29, 1.82) is 0 Å². The number of amides is 2. The van der Waals surface area contributed by atoms with Crippen molar-refractivity contribution >= 4 is 27.5 Å². The number of carbonyl (C=O) groups excluding carboxylic acids is 1. The first-order valence-electron chi connectivity index (χ1n) is 7.94. The molecule has 0 radical (unpaired) electrons. The topological polar surface area (TPSA) is 66.5 Å². The van der Waals surface area contributed by atoms with Crippen LogP contribution >= 0.6 is 11.6 Å². The Kier molecular flexibility index (Phi) is 4.82. The van der Waals surface area contributed by atoms with Gasteiger partial charge in [0.1, 0.15) is 9.84 Å². The molecule has 2 aliphatic rings. The highest BCUT2D eigenvalue weighted by molar-refractivity contribution is 7.91. The second kappa shape index (κ2) is 6.69. The summed E-state index contributed by atoms with van der Waals surface area (Å²) in [5.74, 6) is 0.651. The largest absolute Gasteiger partial charge is 0.335 e. The summed E-state index contributed by atoms with van der Waals surface area (Å²) in [5, 5.41) is 3.69. The zero-order valence-corrected chi connectivity index (χ0v) is 14.4. The average Bonchev–Trinajstić information content (AvgIpc) is 2.99. The number of nitrogens with zero attached hydrogens (tertiary/aromatic N) is 1. The standard InChI is InChI=1S/C16H21ClN2O3S/c17-14-3-1-2-12(10-14)13-4-7-19(11-13)16(20)18-15-5-8-23(21,22)9-6-15/h1-3,10,13,15H,4-9,11H2,(H,18,20). The summed E-state index contributed by atoms with van der Waals surface area (Å²) in [6.45, 7) is 1.39. The fraction of sp³-hybridized carbons (Fsp3) is 0.562. The van der Waals surface area contributed by atoms with Crippen molar-refractivity contribution in [3.05, 3.63) is 34.9 Å². The number of hydrogen-bond acceptors (Lipinski definition) is 3. The van der Waals surface area contributed by atoms with Gasteiger partial charge in [-0.15, -0.1) is 0 Å². The number of benzene rings is 1. The lowest BCUT2D eigenvalue weighted by Gasteiger charge is -2.26. The Morgan fingerprint density at radius 2 is 1.96 bits per heavy atom. The molecule has 0 aliphatic carbocycles. The number of carbonyl (C=O) groups is 1. The van der Waals surface area contributed by atoms with Gasteiger partial charge in [0, 0.05) is 30.1 Å². The molecule has 2 heterocycles. The molecule has 1 atom stereocenters. The monoisotopic (exact) mass is 356 g/mol. The van der Waals surface area contributed by atoms with Gasteiger partial charge in [0.05, 0.1) is 11.5 Å². The van der Waals surface area contributed by atoms with Gasteiger partial charge in [-0.3, -0.25) is 0 Å². The van der Waals surface area contributed by atoms with E-state index in [1.165, 1.54) is 0 Å². The lowest BCUT2D eigenvalue weighted by Crippen LogP contribution is -2.46. The van der Waals surface area contributed by atoms with E-state index in [-0.39, 0.29) is 23.6 Å². The van der Waals surface area contributed by atoms with E-state index in [9.17, 15) is 13.2 Å². The number of nitrogens with one attached hydrogen (secondary N) is 1. The molecule has 5 nitrogen and oxygen atoms in total. The van der Waals surface area contributed by atoms with Crippen molar-refractivity contribution in [2.45, 2.75) is 31.2 Å². The normalized spacial score (nSPS) is 24.6. The molecule has 0 aromatic heterocycles. The van der Waals surface area contributed by atoms with Gasteiger partial charge in [-0.1, -0.05) is 23.7 Å². The molecule has 23 heavy (non-hydrogen) atoms. The molecular formula is C16H21ClN2O3S. The third kappa shape index (κ3) is 4.18. The fourth-order valence-electron chi connectivity index (χ4n) is 3.28. The van der Waals surface area contributed by atoms with Crippen LogP contribution < -0.4 is 5.32 Å². The zero-order valence-electron chi connectivity index (χ0n) is 12.9. The van der Waals surface area contributed by atoms with Crippen LogP contribution in [-0.2, 0) is 9.84 Å². The van der Waals surface area contributed by atoms with Gasteiger partial charge in [0.25, 0.3) is 0 Å². The third-order valence-corrected chi connectivity index (χ3v) is 6.63. The first-order valence-corrected chi connectivity index (χ1v) is 10.1. The van der Waals surface area contributed by atoms with E-state index in [2.05, 4.69) is 5.32 Å². The second-order valence-corrected chi connectivity index (χ2v) is 9.10. The quantitative estimate of drug-likeness (QED) is 0.884. The second-order valence-electron chi connectivity index (χ2n) is 6.36. The molecule has 2 fully saturated rings. The Morgan fingerprint density at radius 1 is 1.22 bits per heavy atom. The number of urea groups is 1. The highest BCUT2D eigenvalue weighted by Gasteiger charge is 2.30. The summed E-state index contributed by atoms with van der Waals surface area (Å²) in [6, 6.07) is 7.67. The maximum Gasteiger partial charge on any atom is 0.317 e. The van der Waals surface area contributed by atoms with Crippen LogP contribution in [0.5, 0.6) is 0 Å². The molecule has 7 heteroatoms. The van der Waals surface area contributed by atoms with E-state index in [0.717, 1.165) is 12.0 Å². The van der Waals surface area contributed by atoms with Gasteiger partial charge in [-0.05, 0) is 37.0 Å². The first-order chi connectivity index (χ1) is 10.9. The van der Waals surface area contributed by atoms with Crippen LogP contribution in [0.2, 0.25) is 5.02 Å². The van der Waals surface area contributed by atoms with Crippen LogP contribution in [0.4, 0.5) is 4.79 Å². The average molecular weight is 357 g/mol. The maximum atomic E-state index is 12.4. The third-order valence-electron chi connectivity index (χ3n) is 4.68. The van der Waals surface area contributed by atoms with Crippen LogP contribution in [0.3, 0.4) is 0 Å². The Hall–Kier alpha value is -1.27. The molecule has 2 amide bonds. The summed E-state index contributed by atoms with van der Waals surface area (Å²) in [6.07, 6.45) is 1.95. The molecule has 1 N–H and O–H groups in total. The molecule has 1 aromatic rings. The SMILES string of the molecule is O=C(NC1CCS(=O)(=O)CC1)N1CCC(c2cccc(Cl)c2)C1. The first kappa shape index (κ1) is 16.6. The molecule has 2 saturated heterocycles. The molecular weight excluding hydrogens is 336 g/mol. The molecule has 1 unspecified atom stereocenters. The van der Waals surface area contributed by atoms with Crippen molar-refractivity contribution in [2.75, 3.05) is 24.6 Å². The molecule has 0 saturated carbocycles. The van der Waals surface area contributed by atoms with E-state index in [0.29, 0.717) is 36.9 Å². The van der Waals surface area contributed by atoms with Crippen molar-refractivity contribution in [3.8, 4) is 0 Å². The predicted octanol–water partition coefficient (Wildman–Crippen LogP) is 2.42. The van der Waals surface area contributed by atoms with Crippen LogP contribution in [0.1, 0.15) is 30.7 Å². The molecule has 2 aliphatic heterocycles. The van der Waals surface area contributed by atoms with Crippen molar-refractivity contribution < 1.29 is 13.2 Å². The maximum absolute atomic E-state index is 12.4. The van der Waals surface area contributed by atoms with Gasteiger partial charge >= 0.3 is 6.03 Å². The van der Waals surface area contributed by atoms with Crippen molar-refractivity contribution in [3.63, 3.8) is 0 Å². The van der Waals surface area contributed by atoms with Crippen LogP contribution in [-0.4, -0.2) is 50.0 Å². The fourth-order valence-corrected chi connectivity index (χ4v) is 4.97. The highest BCUT2D eigenvalue weighted by Crippen LogP contribution is 2.28. The van der Waals surface area contributed by atoms with Crippen molar-refractivity contribution in [1.82, 2.24) is 10.2 Å². The van der Waals surface area contributed by atoms with Gasteiger partial charge in [0.2, 0.25) is 0 Å². The van der Waals surface area contributed by atoms with E-state index < -0.39 is 9.84 Å². The highest BCUT2D eigenvalue weighted by atomic mass is 35.5. The summed E-state index contributed by atoms with van der Waals surface area (Å²) in [5.41, 5.74) is 1.16. The number of likely N-dealkylation sites (tertiary alicyclic amines) is 1. The van der Waals surface area contributed by atoms with E-state index >= 15 is 0 Å². The van der Waals surface area contributed by atoms with E-state index in [1.807, 2.05) is 29.2 Å². The summed E-state index contributed by atoms with van der Waals surface area (Å²) < 4.78 is 22.9. The minimum absolute atomic E-state index is 0.0313. The van der Waals surface area contributed by atoms with E-state index in [1.54, 1.807) is 0 Å². The minimum atomic E-state index is -2.90. The molecule has 0 spiro atoms. The summed E-state index contributed by atoms with van der Waals surface area (Å²) in [7, 11) is -2.90. The summed E-state index contributed by atoms with van der Waals surface area (Å²) in [4.78, 5) is 14.2. The zero-order chi connectivity index (χ0) is 16.4. The number of sulfone groups is 1. The lowest BCUT2D eigenvalue weighted by molar-refractivity contribution is 0.203. The predicted molar refractivity (Wildman–Crippen MR) is 90.6 cm³/mol. The number of halogens is 1. The Balaban J connectivity index is 1.54. The molecule has 0 bridgehead atoms. The van der Waals surface area contributed by atoms with Gasteiger partial charge in [0.15, 0.2) is 0 Å². The molecule has 1 aromatic carbocycles. The van der Waals surface area contributed by atoms with Crippen LogP contribution in [0.25, 0.3) is 0 Å². The van der Waals surface area contributed by atoms with Crippen LogP contribution in [0, 0.1) is 0 Å². The van der Waals surface area contributed by atoms with Crippen molar-refractivity contribution in [2.24, 2.45) is 0 Å². The van der Waals surface area contributed by atoms with Gasteiger partial charge < -0.3 is 10.2 Å². The number of rotatable bonds is 2. The van der Waals surface area contributed by atoms with E-state index in [4.69, 9.17) is 11.6 Å². The number of hydrogen-bond donors (Lipinski definition) is 1. The lowest BCUT2D eigenvalue weighted by atomic mass is 9.99. The Labute approximate surface area is 141 Å². The Bertz CT molecular complexity index is 678. The smallest absolute Gasteiger partial charge is 0.317 e. The van der Waals surface area contributed by atoms with Gasteiger partial charge in [-0.25, -0.2) is 13.2 Å². The van der Waals surface area contributed by atoms with Crippen LogP contribution in [0.15, 0.2) is 24.3 Å². The molecule has 3 rings (SSSR count). The Morgan fingerprint density at radius 3 is 2.65 bits per heavy atom. The summed E-state index contributed by atoms with van der Waals surface area (Å²) >= 11 is 6.03. The minimum Gasteiger partial charge on any atom is -0.335 e. The van der Waals surface area contributed by atoms with Gasteiger partial charge in [-0.2, -0.15) is 0 Å².